The first kappa shape index (κ1) is 121. The van der Waals surface area contributed by atoms with Gasteiger partial charge < -0.3 is 30.1 Å². The van der Waals surface area contributed by atoms with E-state index in [-0.39, 0.29) is 16.4 Å². The van der Waals surface area contributed by atoms with Crippen molar-refractivity contribution in [2.24, 2.45) is 10.8 Å². The van der Waals surface area contributed by atoms with Gasteiger partial charge in [0.05, 0.1) is 44.5 Å². The van der Waals surface area contributed by atoms with Gasteiger partial charge >= 0.3 is 0 Å². The minimum Gasteiger partial charge on any atom is -0.382 e. The minimum atomic E-state index is 0.144. The van der Waals surface area contributed by atoms with E-state index in [1.54, 1.807) is 0 Å². The maximum Gasteiger partial charge on any atom is 0.152 e. The van der Waals surface area contributed by atoms with Gasteiger partial charge in [-0.15, -0.1) is 0 Å². The zero-order chi connectivity index (χ0) is 105. The molecule has 0 unspecified atom stereocenters. The van der Waals surface area contributed by atoms with Crippen LogP contribution in [0.25, 0.3) is 65.8 Å². The van der Waals surface area contributed by atoms with E-state index in [2.05, 4.69) is 272 Å². The lowest BCUT2D eigenvalue weighted by atomic mass is 9.89. The topological polar surface area (TPSA) is 145 Å². The molecule has 148 heavy (non-hydrogen) atoms. The van der Waals surface area contributed by atoms with E-state index < -0.39 is 0 Å². The van der Waals surface area contributed by atoms with Gasteiger partial charge in [0.1, 0.15) is 34.0 Å². The molecule has 0 atom stereocenters. The van der Waals surface area contributed by atoms with E-state index in [0.717, 1.165) is 191 Å². The average Bonchev–Trinajstić information content (AvgIpc) is 1.55. The second-order valence-corrected chi connectivity index (χ2v) is 48.0. The molecule has 816 valence electrons. The van der Waals surface area contributed by atoms with Gasteiger partial charge in [0.25, 0.3) is 0 Å². The number of fused-ring (bicyclic) bond motifs is 9. The number of anilines is 1. The van der Waals surface area contributed by atoms with Crippen LogP contribution in [0.3, 0.4) is 0 Å². The van der Waals surface area contributed by atoms with Crippen LogP contribution in [0.5, 0.6) is 0 Å². The van der Waals surface area contributed by atoms with Crippen LogP contribution in [0.4, 0.5) is 5.82 Å². The lowest BCUT2D eigenvalue weighted by Crippen LogP contribution is -2.41. The van der Waals surface area contributed by atoms with E-state index in [4.69, 9.17) is 30.7 Å². The first-order valence-corrected chi connectivity index (χ1v) is 61.6. The van der Waals surface area contributed by atoms with Crippen LogP contribution in [0.1, 0.15) is 519 Å². The second kappa shape index (κ2) is 69.3. The average molecular weight is 2020 g/mol. The van der Waals surface area contributed by atoms with Gasteiger partial charge in [0.2, 0.25) is 0 Å². The smallest absolute Gasteiger partial charge is 0.152 e. The molecule has 13 heteroatoms. The van der Waals surface area contributed by atoms with Gasteiger partial charge in [0.15, 0.2) is 5.82 Å². The van der Waals surface area contributed by atoms with Crippen molar-refractivity contribution in [2.75, 3.05) is 25.4 Å². The van der Waals surface area contributed by atoms with Crippen molar-refractivity contribution in [2.45, 2.75) is 534 Å². The summed E-state index contributed by atoms with van der Waals surface area (Å²) in [4.78, 5) is 33.3. The Morgan fingerprint density at radius 2 is 0.500 bits per heavy atom. The van der Waals surface area contributed by atoms with Crippen LogP contribution in [0, 0.1) is 10.8 Å². The summed E-state index contributed by atoms with van der Waals surface area (Å²) in [6, 6.07) is 53.4. The molecule has 0 aliphatic rings. The zero-order valence-electron chi connectivity index (χ0n) is 97.2. The summed E-state index contributed by atoms with van der Waals surface area (Å²) >= 11 is 0. The normalized spacial score (nSPS) is 12.1. The van der Waals surface area contributed by atoms with Crippen molar-refractivity contribution in [3.63, 3.8) is 0 Å². The Kier molecular flexibility index (Phi) is 56.9. The number of imidazole rings is 3. The highest BCUT2D eigenvalue weighted by molar-refractivity contribution is 6.07. The number of aromatic nitrogens is 9. The monoisotopic (exact) mass is 2010 g/mol. The third-order valence-electron chi connectivity index (χ3n) is 30.8. The Morgan fingerprint density at radius 3 is 0.784 bits per heavy atom. The SMILES string of the molecule is CCCCCCCCCCCCCCCCCCCNCc1ccc(Cn2c(CCCC)nc3c(CC(C)(C)C)nc4ccccc4c32)cc1.CCCCCCCCCCCCCCCCCCN(Cc1ccc(Cn2c(CCCC)nc3c(N)nc4ccccc4c32)cc1)C(C)(C)C.CCCCCCCCCCCCCCCCCCNCc1ccc(Cn2c(CCCC)nc3c(CC(C)(C)C)nc4ccccc4c32)cc1. The molecule has 6 heterocycles. The number of nitrogens with one attached hydrogen (secondary N) is 2. The van der Waals surface area contributed by atoms with E-state index in [9.17, 15) is 0 Å². The summed E-state index contributed by atoms with van der Waals surface area (Å²) < 4.78 is 7.37. The number of unbranched alkanes of at least 4 members (excludes halogenated alkanes) is 49. The molecule has 13 nitrogen and oxygen atoms in total. The maximum atomic E-state index is 6.44. The number of nitrogens with two attached hydrogens (primary N) is 1. The largest absolute Gasteiger partial charge is 0.382 e. The van der Waals surface area contributed by atoms with Crippen molar-refractivity contribution in [1.29, 1.82) is 0 Å². The summed E-state index contributed by atoms with van der Waals surface area (Å²) in [5.74, 6) is 4.00. The number of nitrogens with zero attached hydrogens (tertiary/aromatic N) is 10. The first-order valence-electron chi connectivity index (χ1n) is 61.6. The Bertz CT molecular complexity index is 5550. The molecule has 4 N–H and O–H groups in total. The summed E-state index contributed by atoms with van der Waals surface area (Å²) in [7, 11) is 0. The number of hydrogen-bond donors (Lipinski definition) is 3. The molecule has 0 spiro atoms. The van der Waals surface area contributed by atoms with Crippen LogP contribution >= 0.6 is 0 Å². The van der Waals surface area contributed by atoms with Crippen molar-refractivity contribution >= 4 is 71.6 Å². The highest BCUT2D eigenvalue weighted by Crippen LogP contribution is 2.38. The highest BCUT2D eigenvalue weighted by Gasteiger charge is 2.27. The second-order valence-electron chi connectivity index (χ2n) is 48.0. The highest BCUT2D eigenvalue weighted by atomic mass is 15.2. The Hall–Kier alpha value is -8.36. The van der Waals surface area contributed by atoms with Crippen LogP contribution in [0.2, 0.25) is 0 Å². The van der Waals surface area contributed by atoms with Crippen molar-refractivity contribution in [3.05, 3.63) is 208 Å². The molecular weight excluding hydrogens is 1800 g/mol. The lowest BCUT2D eigenvalue weighted by Gasteiger charge is -2.36. The van der Waals surface area contributed by atoms with Crippen molar-refractivity contribution in [3.8, 4) is 0 Å². The fraction of sp³-hybridized carbons (Fsp3) is 0.644. The third kappa shape index (κ3) is 44.0. The molecule has 0 radical (unpaired) electrons. The lowest BCUT2D eigenvalue weighted by molar-refractivity contribution is 0.124. The molecule has 0 fully saturated rings. The molecule has 0 aliphatic heterocycles. The molecule has 12 rings (SSSR count). The van der Waals surface area contributed by atoms with Gasteiger partial charge in [0, 0.05) is 80.2 Å². The molecule has 0 amide bonds. The molecule has 0 bridgehead atoms. The molecule has 6 aromatic carbocycles. The predicted octanol–water partition coefficient (Wildman–Crippen LogP) is 38.6. The molecule has 6 aromatic heterocycles. The summed E-state index contributed by atoms with van der Waals surface area (Å²) in [5, 5.41) is 10.9. The van der Waals surface area contributed by atoms with Gasteiger partial charge in [-0.05, 0) is 154 Å². The van der Waals surface area contributed by atoms with E-state index >= 15 is 0 Å². The predicted molar refractivity (Wildman–Crippen MR) is 645 cm³/mol. The third-order valence-corrected chi connectivity index (χ3v) is 30.8. The first-order chi connectivity index (χ1) is 72.1. The number of benzene rings is 6. The Labute approximate surface area is 902 Å². The van der Waals surface area contributed by atoms with Crippen LogP contribution in [-0.4, -0.2) is 73.7 Å². The van der Waals surface area contributed by atoms with E-state index in [1.165, 1.54) is 381 Å². The number of rotatable bonds is 75. The fourth-order valence-electron chi connectivity index (χ4n) is 21.9. The van der Waals surface area contributed by atoms with Gasteiger partial charge in [-0.3, -0.25) is 14.9 Å². The number of hydrogen-bond acceptors (Lipinski definition) is 10. The van der Waals surface area contributed by atoms with Gasteiger partial charge in [-0.25, -0.2) is 19.9 Å². The minimum absolute atomic E-state index is 0.144. The van der Waals surface area contributed by atoms with Crippen LogP contribution in [0.15, 0.2) is 146 Å². The van der Waals surface area contributed by atoms with E-state index in [0.29, 0.717) is 5.82 Å². The zero-order valence-corrected chi connectivity index (χ0v) is 97.2. The van der Waals surface area contributed by atoms with Gasteiger partial charge in [-0.2, -0.15) is 0 Å². The fourth-order valence-corrected chi connectivity index (χ4v) is 21.9. The standard InChI is InChI=1S/C46H72N4.C45H70N4.C44H69N5/c1-6-8-10-11-12-13-14-15-16-17-18-19-20-21-22-23-26-34-47-36-38-30-32-39(33-31-38)37-50-43(29-9-7-2)49-44-42(35-46(3,4)5)48-41-28-25-24-27-40(41)45(44)50;1-6-8-10-11-12-13-14-15-16-17-18-19-20-21-22-25-33-46-35-37-29-31-38(32-30-37)36-49-42(28-9-7-2)48-43-41(34-45(3,4)5)47-40-27-24-23-26-39(40)44(43)49;1-6-8-10-11-12-13-14-15-16-17-18-19-20-21-22-25-33-48(44(3,4)5)34-36-29-31-37(32-30-36)35-49-40(28-9-7-2)47-41-42(49)38-26-23-24-27-39(38)46-43(41)45/h24-25,27-28,30-33,47H,6-23,26,29,34-37H2,1-5H3;23-24,26-27,29-32,46H,6-22,25,28,33-36H2,1-5H3;23-24,26-27,29-32H,6-22,25,28,33-35H2,1-5H3,(H2,45,46). The molecule has 0 saturated carbocycles. The van der Waals surface area contributed by atoms with Crippen LogP contribution < -0.4 is 16.4 Å². The molecule has 12 aromatic rings. The summed E-state index contributed by atoms with van der Waals surface area (Å²) in [6.07, 6.45) is 81.2. The maximum absolute atomic E-state index is 6.44. The molecule has 0 aliphatic carbocycles. The Balaban J connectivity index is 0.000000227. The van der Waals surface area contributed by atoms with Crippen molar-refractivity contribution in [1.82, 2.24) is 59.1 Å². The van der Waals surface area contributed by atoms with E-state index in [1.807, 2.05) is 12.1 Å². The van der Waals surface area contributed by atoms with Crippen LogP contribution in [-0.2, 0) is 71.4 Å². The van der Waals surface area contributed by atoms with Crippen molar-refractivity contribution < 1.29 is 0 Å². The quantitative estimate of drug-likeness (QED) is 0.0315. The summed E-state index contributed by atoms with van der Waals surface area (Å²) in [6.45, 7) is 43.2. The number of pyridine rings is 3. The number of para-hydroxylation sites is 3. The van der Waals surface area contributed by atoms with Gasteiger partial charge in [-0.1, -0.05) is 525 Å². The molecular formula is C135H211N13. The number of nitrogen functional groups attached to an aromatic ring is 1. The Morgan fingerprint density at radius 1 is 0.257 bits per heavy atom. The summed E-state index contributed by atoms with van der Waals surface area (Å²) in [5.41, 5.74) is 26.9. The molecule has 0 saturated heterocycles. The number of aryl methyl sites for hydroxylation is 3.